The third-order valence-electron chi connectivity index (χ3n) is 3.11. The molecule has 0 aliphatic rings. The average molecular weight is 379 g/mol. The lowest BCUT2D eigenvalue weighted by Gasteiger charge is -2.01. The minimum absolute atomic E-state index is 0.0550. The molecule has 0 saturated heterocycles. The van der Waals surface area contributed by atoms with Gasteiger partial charge in [0.1, 0.15) is 11.5 Å². The van der Waals surface area contributed by atoms with E-state index in [4.69, 9.17) is 0 Å². The van der Waals surface area contributed by atoms with Gasteiger partial charge in [0.2, 0.25) is 0 Å². The number of phenolic OH excluding ortho intramolecular Hbond substituents is 2. The van der Waals surface area contributed by atoms with Gasteiger partial charge in [-0.3, -0.25) is 9.59 Å². The first-order valence-electron chi connectivity index (χ1n) is 6.95. The lowest BCUT2D eigenvalue weighted by molar-refractivity contribution is 0.100. The van der Waals surface area contributed by atoms with Gasteiger partial charge in [-0.2, -0.15) is 0 Å². The maximum Gasteiger partial charge on any atom is 0.177 e. The number of alkyl halides is 1. The van der Waals surface area contributed by atoms with Gasteiger partial charge in [-0.15, -0.1) is 0 Å². The molecule has 0 amide bonds. The van der Waals surface area contributed by atoms with E-state index in [9.17, 15) is 19.8 Å². The molecule has 0 aromatic heterocycles. The Labute approximate surface area is 143 Å². The standard InChI is InChI=1S/C9H9BrO2.C9H10O2/c1-6-2-3-7(8(11)4-6)9(12)5-10;1-6-3-4-8(7(2)10)9(11)5-6/h2-4,11H,5H2,1H3;3-5,11H,1-2H3. The summed E-state index contributed by atoms with van der Waals surface area (Å²) in [5, 5.41) is 18.8. The van der Waals surface area contributed by atoms with Crippen LogP contribution in [0.5, 0.6) is 11.5 Å². The molecule has 0 atom stereocenters. The van der Waals surface area contributed by atoms with Gasteiger partial charge in [0.25, 0.3) is 0 Å². The molecule has 23 heavy (non-hydrogen) atoms. The molecule has 2 rings (SSSR count). The van der Waals surface area contributed by atoms with Crippen molar-refractivity contribution in [1.82, 2.24) is 0 Å². The summed E-state index contributed by atoms with van der Waals surface area (Å²) in [4.78, 5) is 22.0. The second-order valence-corrected chi connectivity index (χ2v) is 5.71. The Kier molecular flexibility index (Phi) is 6.97. The van der Waals surface area contributed by atoms with Crippen LogP contribution >= 0.6 is 15.9 Å². The number of hydrogen-bond acceptors (Lipinski definition) is 4. The predicted molar refractivity (Wildman–Crippen MR) is 93.8 cm³/mol. The van der Waals surface area contributed by atoms with Crippen molar-refractivity contribution < 1.29 is 19.8 Å². The highest BCUT2D eigenvalue weighted by Gasteiger charge is 2.08. The molecule has 2 N–H and O–H groups in total. The topological polar surface area (TPSA) is 74.6 Å². The maximum absolute atomic E-state index is 11.1. The van der Waals surface area contributed by atoms with Gasteiger partial charge < -0.3 is 10.2 Å². The Morgan fingerprint density at radius 3 is 1.70 bits per heavy atom. The summed E-state index contributed by atoms with van der Waals surface area (Å²) in [6, 6.07) is 10.0. The first-order valence-corrected chi connectivity index (χ1v) is 8.07. The number of ketones is 2. The van der Waals surface area contributed by atoms with Crippen molar-refractivity contribution in [3.8, 4) is 11.5 Å². The van der Waals surface area contributed by atoms with E-state index in [2.05, 4.69) is 15.9 Å². The van der Waals surface area contributed by atoms with E-state index >= 15 is 0 Å². The van der Waals surface area contributed by atoms with Crippen LogP contribution in [0.4, 0.5) is 0 Å². The molecular weight excluding hydrogens is 360 g/mol. The van der Waals surface area contributed by atoms with Crippen molar-refractivity contribution in [2.24, 2.45) is 0 Å². The third kappa shape index (κ3) is 5.53. The number of rotatable bonds is 3. The number of carbonyl (C=O) groups is 2. The number of benzene rings is 2. The Morgan fingerprint density at radius 1 is 0.913 bits per heavy atom. The SMILES string of the molecule is CC(=O)c1ccc(C)cc1O.Cc1ccc(C(=O)CBr)c(O)c1. The van der Waals surface area contributed by atoms with Gasteiger partial charge in [-0.25, -0.2) is 0 Å². The number of Topliss-reactive ketones (excluding diaryl/α,β-unsaturated/α-hetero) is 2. The summed E-state index contributed by atoms with van der Waals surface area (Å²) in [5.41, 5.74) is 2.65. The van der Waals surface area contributed by atoms with Crippen molar-refractivity contribution >= 4 is 27.5 Å². The number of aryl methyl sites for hydroxylation is 2. The first-order chi connectivity index (χ1) is 10.8. The van der Waals surface area contributed by atoms with Crippen LogP contribution in [0.1, 0.15) is 38.8 Å². The highest BCUT2D eigenvalue weighted by Crippen LogP contribution is 2.19. The summed E-state index contributed by atoms with van der Waals surface area (Å²) in [5.74, 6) is -0.0908. The van der Waals surface area contributed by atoms with E-state index in [0.717, 1.165) is 11.1 Å². The van der Waals surface area contributed by atoms with Crippen molar-refractivity contribution in [2.75, 3.05) is 5.33 Å². The number of halogens is 1. The average Bonchev–Trinajstić information content (AvgIpc) is 2.46. The fourth-order valence-electron chi connectivity index (χ4n) is 1.89. The molecule has 0 saturated carbocycles. The van der Waals surface area contributed by atoms with Gasteiger partial charge >= 0.3 is 0 Å². The summed E-state index contributed by atoms with van der Waals surface area (Å²) in [6.45, 7) is 5.16. The second-order valence-electron chi connectivity index (χ2n) is 5.15. The molecule has 0 bridgehead atoms. The molecule has 5 heteroatoms. The molecule has 0 radical (unpaired) electrons. The fraction of sp³-hybridized carbons (Fsp3) is 0.222. The van der Waals surface area contributed by atoms with Crippen molar-refractivity contribution in [3.05, 3.63) is 58.7 Å². The lowest BCUT2D eigenvalue weighted by Crippen LogP contribution is -1.99. The zero-order chi connectivity index (χ0) is 17.6. The normalized spacial score (nSPS) is 9.74. The molecule has 0 unspecified atom stereocenters. The Hall–Kier alpha value is -2.14. The monoisotopic (exact) mass is 378 g/mol. The zero-order valence-corrected chi connectivity index (χ0v) is 14.8. The minimum Gasteiger partial charge on any atom is -0.507 e. The smallest absolute Gasteiger partial charge is 0.177 e. The van der Waals surface area contributed by atoms with Crippen LogP contribution in [0, 0.1) is 13.8 Å². The Bertz CT molecular complexity index is 723. The van der Waals surface area contributed by atoms with Crippen LogP contribution in [0.2, 0.25) is 0 Å². The molecule has 0 spiro atoms. The van der Waals surface area contributed by atoms with E-state index in [1.54, 1.807) is 36.4 Å². The number of phenols is 2. The zero-order valence-electron chi connectivity index (χ0n) is 13.3. The summed E-state index contributed by atoms with van der Waals surface area (Å²) in [6.07, 6.45) is 0. The lowest BCUT2D eigenvalue weighted by atomic mass is 10.1. The molecule has 0 fully saturated rings. The van der Waals surface area contributed by atoms with E-state index < -0.39 is 0 Å². The van der Waals surface area contributed by atoms with E-state index in [-0.39, 0.29) is 28.4 Å². The number of hydrogen-bond donors (Lipinski definition) is 2. The number of carbonyl (C=O) groups excluding carboxylic acids is 2. The summed E-state index contributed by atoms with van der Waals surface area (Å²) >= 11 is 3.04. The van der Waals surface area contributed by atoms with Gasteiger partial charge in [-0.1, -0.05) is 28.1 Å². The predicted octanol–water partition coefficient (Wildman–Crippen LogP) is 4.18. The van der Waals surface area contributed by atoms with Crippen LogP contribution in [0.15, 0.2) is 36.4 Å². The highest BCUT2D eigenvalue weighted by molar-refractivity contribution is 9.09. The number of aromatic hydroxyl groups is 2. The van der Waals surface area contributed by atoms with Gasteiger partial charge in [0.15, 0.2) is 11.6 Å². The van der Waals surface area contributed by atoms with Crippen molar-refractivity contribution in [2.45, 2.75) is 20.8 Å². The molecule has 2 aromatic rings. The first kappa shape index (κ1) is 18.9. The van der Waals surface area contributed by atoms with Gasteiger partial charge in [0, 0.05) is 0 Å². The van der Waals surface area contributed by atoms with E-state index in [1.165, 1.54) is 6.92 Å². The van der Waals surface area contributed by atoms with E-state index in [1.807, 2.05) is 13.8 Å². The largest absolute Gasteiger partial charge is 0.507 e. The molecule has 0 aliphatic heterocycles. The molecule has 0 aliphatic carbocycles. The second kappa shape index (κ2) is 8.48. The molecule has 122 valence electrons. The Morgan fingerprint density at radius 2 is 1.35 bits per heavy atom. The van der Waals surface area contributed by atoms with E-state index in [0.29, 0.717) is 11.1 Å². The molecule has 0 heterocycles. The summed E-state index contributed by atoms with van der Waals surface area (Å²) < 4.78 is 0. The molecule has 2 aromatic carbocycles. The fourth-order valence-corrected chi connectivity index (χ4v) is 2.19. The van der Waals surface area contributed by atoms with Crippen LogP contribution in [-0.2, 0) is 0 Å². The molecular formula is C18H19BrO4. The summed E-state index contributed by atoms with van der Waals surface area (Å²) in [7, 11) is 0. The van der Waals surface area contributed by atoms with Crippen LogP contribution < -0.4 is 0 Å². The van der Waals surface area contributed by atoms with Crippen LogP contribution in [0.25, 0.3) is 0 Å². The van der Waals surface area contributed by atoms with Crippen molar-refractivity contribution in [3.63, 3.8) is 0 Å². The highest BCUT2D eigenvalue weighted by atomic mass is 79.9. The Balaban J connectivity index is 0.000000231. The quantitative estimate of drug-likeness (QED) is 0.620. The van der Waals surface area contributed by atoms with Crippen LogP contribution in [-0.4, -0.2) is 27.1 Å². The van der Waals surface area contributed by atoms with Gasteiger partial charge in [0.05, 0.1) is 16.5 Å². The van der Waals surface area contributed by atoms with Crippen LogP contribution in [0.3, 0.4) is 0 Å². The minimum atomic E-state index is -0.109. The van der Waals surface area contributed by atoms with Crippen molar-refractivity contribution in [1.29, 1.82) is 0 Å². The molecule has 4 nitrogen and oxygen atoms in total. The third-order valence-corrected chi connectivity index (χ3v) is 3.62. The van der Waals surface area contributed by atoms with Gasteiger partial charge in [-0.05, 0) is 56.2 Å². The maximum atomic E-state index is 11.1.